The van der Waals surface area contributed by atoms with E-state index in [-0.39, 0.29) is 24.8 Å². The minimum atomic E-state index is -0.383. The van der Waals surface area contributed by atoms with Gasteiger partial charge in [-0.2, -0.15) is 0 Å². The van der Waals surface area contributed by atoms with E-state index in [0.29, 0.717) is 24.5 Å². The molecule has 0 spiro atoms. The Morgan fingerprint density at radius 2 is 1.54 bits per heavy atom. The molecule has 0 aliphatic carbocycles. The van der Waals surface area contributed by atoms with Crippen LogP contribution in [0.5, 0.6) is 11.5 Å². The molecule has 1 aromatic rings. The summed E-state index contributed by atoms with van der Waals surface area (Å²) in [4.78, 5) is 23.4. The van der Waals surface area contributed by atoms with E-state index in [1.807, 2.05) is 0 Å². The van der Waals surface area contributed by atoms with Crippen LogP contribution in [-0.2, 0) is 14.3 Å². The van der Waals surface area contributed by atoms with Crippen molar-refractivity contribution in [1.82, 2.24) is 0 Å². The summed E-state index contributed by atoms with van der Waals surface area (Å²) in [6.45, 7) is 2.63. The Balaban J connectivity index is 2.13. The normalized spacial score (nSPS) is 10.2. The maximum Gasteiger partial charge on any atom is 0.311 e. The van der Waals surface area contributed by atoms with E-state index in [1.54, 1.807) is 24.3 Å². The van der Waals surface area contributed by atoms with Gasteiger partial charge in [-0.15, -0.1) is 0 Å². The Kier molecular flexibility index (Phi) is 10.3. The second-order valence-corrected chi connectivity index (χ2v) is 5.61. The Labute approximate surface area is 144 Å². The third-order valence-electron chi connectivity index (χ3n) is 3.57. The molecule has 0 aromatic heterocycles. The highest BCUT2D eigenvalue weighted by atomic mass is 16.6. The van der Waals surface area contributed by atoms with Gasteiger partial charge in [0.05, 0.1) is 13.7 Å². The van der Waals surface area contributed by atoms with Gasteiger partial charge in [0, 0.05) is 12.8 Å². The van der Waals surface area contributed by atoms with Crippen LogP contribution in [-0.4, -0.2) is 25.7 Å². The predicted octanol–water partition coefficient (Wildman–Crippen LogP) is 4.28. The lowest BCUT2D eigenvalue weighted by molar-refractivity contribution is -0.144. The smallest absolute Gasteiger partial charge is 0.311 e. The van der Waals surface area contributed by atoms with Gasteiger partial charge in [0.2, 0.25) is 0 Å². The fourth-order valence-corrected chi connectivity index (χ4v) is 2.22. The van der Waals surface area contributed by atoms with Crippen LogP contribution in [0.25, 0.3) is 0 Å². The fraction of sp³-hybridized carbons (Fsp3) is 0.579. The number of para-hydroxylation sites is 2. The quantitative estimate of drug-likeness (QED) is 0.324. The van der Waals surface area contributed by atoms with Gasteiger partial charge >= 0.3 is 11.9 Å². The van der Waals surface area contributed by atoms with Crippen LogP contribution in [0.1, 0.15) is 58.3 Å². The molecule has 0 unspecified atom stereocenters. The van der Waals surface area contributed by atoms with Crippen molar-refractivity contribution in [2.24, 2.45) is 0 Å². The van der Waals surface area contributed by atoms with Gasteiger partial charge in [0.1, 0.15) is 0 Å². The molecular formula is C19H28O5. The molecule has 0 amide bonds. The van der Waals surface area contributed by atoms with Crippen molar-refractivity contribution in [1.29, 1.82) is 0 Å². The van der Waals surface area contributed by atoms with Gasteiger partial charge in [-0.1, -0.05) is 44.7 Å². The first-order chi connectivity index (χ1) is 11.7. The molecule has 0 aliphatic heterocycles. The van der Waals surface area contributed by atoms with E-state index in [9.17, 15) is 9.59 Å². The van der Waals surface area contributed by atoms with Gasteiger partial charge in [-0.05, 0) is 25.0 Å². The highest BCUT2D eigenvalue weighted by Crippen LogP contribution is 2.26. The maximum absolute atomic E-state index is 11.8. The summed E-state index contributed by atoms with van der Waals surface area (Å²) in [6, 6.07) is 6.96. The second-order valence-electron chi connectivity index (χ2n) is 5.61. The van der Waals surface area contributed by atoms with Crippen molar-refractivity contribution in [2.45, 2.75) is 58.3 Å². The van der Waals surface area contributed by atoms with Gasteiger partial charge in [0.25, 0.3) is 0 Å². The summed E-state index contributed by atoms with van der Waals surface area (Å²) < 4.78 is 15.5. The highest BCUT2D eigenvalue weighted by Gasteiger charge is 2.11. The molecule has 134 valence electrons. The first-order valence-electron chi connectivity index (χ1n) is 8.66. The number of methoxy groups -OCH3 is 1. The molecule has 0 aliphatic rings. The topological polar surface area (TPSA) is 61.8 Å². The average molecular weight is 336 g/mol. The van der Waals surface area contributed by atoms with Crippen LogP contribution < -0.4 is 9.47 Å². The maximum atomic E-state index is 11.8. The molecule has 0 N–H and O–H groups in total. The number of esters is 2. The van der Waals surface area contributed by atoms with E-state index in [0.717, 1.165) is 12.8 Å². The van der Waals surface area contributed by atoms with Crippen molar-refractivity contribution in [3.8, 4) is 11.5 Å². The molecule has 24 heavy (non-hydrogen) atoms. The number of rotatable bonds is 12. The first-order valence-corrected chi connectivity index (χ1v) is 8.66. The molecule has 0 saturated heterocycles. The van der Waals surface area contributed by atoms with Crippen molar-refractivity contribution >= 4 is 11.9 Å². The van der Waals surface area contributed by atoms with Crippen LogP contribution in [0.4, 0.5) is 0 Å². The zero-order chi connectivity index (χ0) is 17.6. The molecule has 5 nitrogen and oxygen atoms in total. The monoisotopic (exact) mass is 336 g/mol. The van der Waals surface area contributed by atoms with Gasteiger partial charge in [-0.3, -0.25) is 9.59 Å². The molecule has 0 fully saturated rings. The summed E-state index contributed by atoms with van der Waals surface area (Å²) in [5, 5.41) is 0. The fourth-order valence-electron chi connectivity index (χ4n) is 2.22. The molecular weight excluding hydrogens is 308 g/mol. The van der Waals surface area contributed by atoms with Crippen molar-refractivity contribution in [3.05, 3.63) is 24.3 Å². The predicted molar refractivity (Wildman–Crippen MR) is 92.2 cm³/mol. The Morgan fingerprint density at radius 3 is 2.25 bits per heavy atom. The number of carbonyl (C=O) groups excluding carboxylic acids is 2. The van der Waals surface area contributed by atoms with Crippen molar-refractivity contribution < 1.29 is 23.8 Å². The summed E-state index contributed by atoms with van der Waals surface area (Å²) in [7, 11) is 1.52. The number of hydrogen-bond acceptors (Lipinski definition) is 5. The minimum absolute atomic E-state index is 0.170. The molecule has 0 radical (unpaired) electrons. The molecule has 0 bridgehead atoms. The largest absolute Gasteiger partial charge is 0.493 e. The Morgan fingerprint density at radius 1 is 0.875 bits per heavy atom. The molecule has 1 aromatic carbocycles. The Bertz CT molecular complexity index is 498. The molecule has 1 rings (SSSR count). The summed E-state index contributed by atoms with van der Waals surface area (Å²) >= 11 is 0. The zero-order valence-corrected chi connectivity index (χ0v) is 14.7. The number of unbranched alkanes of at least 4 members (excludes halogenated alkanes) is 4. The lowest BCUT2D eigenvalue weighted by Gasteiger charge is -2.08. The van der Waals surface area contributed by atoms with Crippen LogP contribution in [0.3, 0.4) is 0 Å². The minimum Gasteiger partial charge on any atom is -0.493 e. The van der Waals surface area contributed by atoms with E-state index in [1.165, 1.54) is 26.4 Å². The van der Waals surface area contributed by atoms with Gasteiger partial charge in [-0.25, -0.2) is 0 Å². The van der Waals surface area contributed by atoms with Crippen LogP contribution >= 0.6 is 0 Å². The zero-order valence-electron chi connectivity index (χ0n) is 14.7. The number of carbonyl (C=O) groups is 2. The van der Waals surface area contributed by atoms with E-state index in [2.05, 4.69) is 6.92 Å². The summed E-state index contributed by atoms with van der Waals surface area (Å²) in [5.74, 6) is 0.260. The molecule has 0 saturated carbocycles. The van der Waals surface area contributed by atoms with Crippen molar-refractivity contribution in [2.75, 3.05) is 13.7 Å². The van der Waals surface area contributed by atoms with Crippen LogP contribution in [0.15, 0.2) is 24.3 Å². The van der Waals surface area contributed by atoms with Gasteiger partial charge < -0.3 is 14.2 Å². The van der Waals surface area contributed by atoms with E-state index < -0.39 is 0 Å². The van der Waals surface area contributed by atoms with Crippen LogP contribution in [0, 0.1) is 0 Å². The Hall–Kier alpha value is -2.04. The lowest BCUT2D eigenvalue weighted by Crippen LogP contribution is -2.11. The molecule has 0 heterocycles. The highest BCUT2D eigenvalue weighted by molar-refractivity contribution is 5.74. The first kappa shape index (κ1) is 20.0. The standard InChI is InChI=1S/C19H28O5/c1-3-4-5-6-9-15-23-18(20)13-10-14-19(21)24-17-12-8-7-11-16(17)22-2/h7-8,11-12H,3-6,9-10,13-15H2,1-2H3. The summed E-state index contributed by atoms with van der Waals surface area (Å²) in [5.41, 5.74) is 0. The third-order valence-corrected chi connectivity index (χ3v) is 3.57. The van der Waals surface area contributed by atoms with E-state index >= 15 is 0 Å². The number of benzene rings is 1. The lowest BCUT2D eigenvalue weighted by atomic mass is 10.2. The van der Waals surface area contributed by atoms with E-state index in [4.69, 9.17) is 14.2 Å². The molecule has 5 heteroatoms. The number of ether oxygens (including phenoxy) is 3. The molecule has 0 atom stereocenters. The van der Waals surface area contributed by atoms with Gasteiger partial charge in [0.15, 0.2) is 11.5 Å². The summed E-state index contributed by atoms with van der Waals surface area (Å²) in [6.07, 6.45) is 6.42. The number of hydrogen-bond donors (Lipinski definition) is 0. The average Bonchev–Trinajstić information content (AvgIpc) is 2.58. The third kappa shape index (κ3) is 8.56. The second kappa shape index (κ2) is 12.4. The van der Waals surface area contributed by atoms with Crippen LogP contribution in [0.2, 0.25) is 0 Å². The van der Waals surface area contributed by atoms with Crippen molar-refractivity contribution in [3.63, 3.8) is 0 Å². The SMILES string of the molecule is CCCCCCCOC(=O)CCCC(=O)Oc1ccccc1OC.